The maximum absolute atomic E-state index is 6.29. The molecule has 3 heteroatoms. The van der Waals surface area contributed by atoms with Crippen LogP contribution in [0.4, 0.5) is 0 Å². The Morgan fingerprint density at radius 2 is 2.07 bits per heavy atom. The van der Waals surface area contributed by atoms with Crippen LogP contribution < -0.4 is 0 Å². The van der Waals surface area contributed by atoms with E-state index in [-0.39, 0.29) is 0 Å². The first-order valence-corrected chi connectivity index (χ1v) is 5.94. The first-order chi connectivity index (χ1) is 6.83. The zero-order valence-electron chi connectivity index (χ0n) is 8.72. The number of rotatable bonds is 2. The molecule has 0 amide bonds. The second-order valence-electron chi connectivity index (χ2n) is 4.00. The smallest absolute Gasteiger partial charge is 0.130 e. The van der Waals surface area contributed by atoms with Crippen LogP contribution >= 0.6 is 11.6 Å². The Hall–Kier alpha value is -0.500. The molecule has 1 aromatic rings. The first kappa shape index (κ1) is 10.0. The average molecular weight is 213 g/mol. The van der Waals surface area contributed by atoms with Crippen LogP contribution in [0.5, 0.6) is 0 Å². The van der Waals surface area contributed by atoms with Crippen molar-refractivity contribution in [2.75, 3.05) is 0 Å². The van der Waals surface area contributed by atoms with Gasteiger partial charge in [0.25, 0.3) is 0 Å². The normalized spacial score (nSPS) is 16.4. The Morgan fingerprint density at radius 1 is 1.29 bits per heavy atom. The summed E-state index contributed by atoms with van der Waals surface area (Å²) in [5.74, 6) is 0. The number of fused-ring (bicyclic) bond motifs is 1. The van der Waals surface area contributed by atoms with E-state index in [0.717, 1.165) is 31.0 Å². The van der Waals surface area contributed by atoms with Crippen LogP contribution in [-0.4, -0.2) is 9.78 Å². The molecule has 14 heavy (non-hydrogen) atoms. The minimum atomic E-state index is 0.892. The second-order valence-corrected chi connectivity index (χ2v) is 4.36. The predicted octanol–water partition coefficient (Wildman–Crippen LogP) is 3.22. The summed E-state index contributed by atoms with van der Waals surface area (Å²) in [7, 11) is 0. The van der Waals surface area contributed by atoms with Crippen LogP contribution in [0.2, 0.25) is 5.15 Å². The summed E-state index contributed by atoms with van der Waals surface area (Å²) < 4.78 is 1.97. The van der Waals surface area contributed by atoms with E-state index in [4.69, 9.17) is 11.6 Å². The van der Waals surface area contributed by atoms with E-state index >= 15 is 0 Å². The van der Waals surface area contributed by atoms with E-state index in [2.05, 4.69) is 12.0 Å². The summed E-state index contributed by atoms with van der Waals surface area (Å²) in [4.78, 5) is 0. The lowest BCUT2D eigenvalue weighted by molar-refractivity contribution is 0.587. The number of hydrogen-bond donors (Lipinski definition) is 0. The van der Waals surface area contributed by atoms with Crippen molar-refractivity contribution in [2.24, 2.45) is 0 Å². The molecule has 0 atom stereocenters. The fourth-order valence-electron chi connectivity index (χ4n) is 2.10. The molecule has 0 N–H and O–H groups in total. The molecule has 0 saturated heterocycles. The van der Waals surface area contributed by atoms with Crippen LogP contribution in [0.25, 0.3) is 0 Å². The van der Waals surface area contributed by atoms with Gasteiger partial charge in [0.1, 0.15) is 5.15 Å². The second kappa shape index (κ2) is 4.35. The van der Waals surface area contributed by atoms with E-state index in [0.29, 0.717) is 0 Å². The SMILES string of the molecule is CCCn1nc2c(c1Cl)CCCCC2. The van der Waals surface area contributed by atoms with Gasteiger partial charge in [0.2, 0.25) is 0 Å². The standard InChI is InChI=1S/C11H17ClN2/c1-2-8-14-11(12)9-6-4-3-5-7-10(9)13-14/h2-8H2,1H3. The lowest BCUT2D eigenvalue weighted by Crippen LogP contribution is -2.00. The summed E-state index contributed by atoms with van der Waals surface area (Å²) in [5, 5.41) is 5.48. The van der Waals surface area contributed by atoms with E-state index in [1.165, 1.54) is 30.5 Å². The predicted molar refractivity (Wildman–Crippen MR) is 58.8 cm³/mol. The molecular formula is C11H17ClN2. The van der Waals surface area contributed by atoms with E-state index in [1.54, 1.807) is 0 Å². The molecule has 0 fully saturated rings. The van der Waals surface area contributed by atoms with E-state index < -0.39 is 0 Å². The van der Waals surface area contributed by atoms with Crippen molar-refractivity contribution in [1.82, 2.24) is 9.78 Å². The molecule has 0 aromatic carbocycles. The van der Waals surface area contributed by atoms with Gasteiger partial charge in [-0.25, -0.2) is 0 Å². The Labute approximate surface area is 90.3 Å². The quantitative estimate of drug-likeness (QED) is 0.689. The van der Waals surface area contributed by atoms with Crippen LogP contribution in [0.3, 0.4) is 0 Å². The molecule has 1 aliphatic carbocycles. The van der Waals surface area contributed by atoms with Gasteiger partial charge in [-0.05, 0) is 32.1 Å². The van der Waals surface area contributed by atoms with Crippen LogP contribution in [-0.2, 0) is 19.4 Å². The highest BCUT2D eigenvalue weighted by Gasteiger charge is 2.17. The molecule has 1 heterocycles. The summed E-state index contributed by atoms with van der Waals surface area (Å²) in [6.45, 7) is 3.11. The molecule has 2 nitrogen and oxygen atoms in total. The van der Waals surface area contributed by atoms with E-state index in [1.807, 2.05) is 4.68 Å². The Balaban J connectivity index is 2.30. The fraction of sp³-hybridized carbons (Fsp3) is 0.727. The lowest BCUT2D eigenvalue weighted by atomic mass is 10.1. The van der Waals surface area contributed by atoms with Crippen molar-refractivity contribution >= 4 is 11.6 Å². The molecule has 2 rings (SSSR count). The summed E-state index contributed by atoms with van der Waals surface area (Å²) in [6, 6.07) is 0. The molecule has 1 aromatic heterocycles. The highest BCUT2D eigenvalue weighted by atomic mass is 35.5. The third-order valence-corrected chi connectivity index (χ3v) is 3.26. The van der Waals surface area contributed by atoms with Crippen LogP contribution in [0, 0.1) is 0 Å². The minimum Gasteiger partial charge on any atom is -0.253 e. The van der Waals surface area contributed by atoms with Crippen molar-refractivity contribution in [2.45, 2.75) is 52.0 Å². The third-order valence-electron chi connectivity index (χ3n) is 2.84. The maximum Gasteiger partial charge on any atom is 0.130 e. The zero-order chi connectivity index (χ0) is 9.97. The fourth-order valence-corrected chi connectivity index (χ4v) is 2.43. The topological polar surface area (TPSA) is 17.8 Å². The van der Waals surface area contributed by atoms with E-state index in [9.17, 15) is 0 Å². The van der Waals surface area contributed by atoms with Gasteiger partial charge in [-0.3, -0.25) is 4.68 Å². The number of aryl methyl sites for hydroxylation is 2. The number of halogens is 1. The van der Waals surface area contributed by atoms with Crippen molar-refractivity contribution in [1.29, 1.82) is 0 Å². The highest BCUT2D eigenvalue weighted by Crippen LogP contribution is 2.26. The lowest BCUT2D eigenvalue weighted by Gasteiger charge is -2.00. The number of hydrogen-bond acceptors (Lipinski definition) is 1. The molecule has 78 valence electrons. The molecule has 0 radical (unpaired) electrons. The summed E-state index contributed by atoms with van der Waals surface area (Å²) >= 11 is 6.29. The van der Waals surface area contributed by atoms with Gasteiger partial charge in [-0.2, -0.15) is 5.10 Å². The molecular weight excluding hydrogens is 196 g/mol. The molecule has 0 unspecified atom stereocenters. The summed E-state index contributed by atoms with van der Waals surface area (Å²) in [5.41, 5.74) is 2.57. The molecule has 0 aliphatic heterocycles. The molecule has 0 saturated carbocycles. The van der Waals surface area contributed by atoms with Crippen molar-refractivity contribution in [3.63, 3.8) is 0 Å². The molecule has 0 bridgehead atoms. The van der Waals surface area contributed by atoms with Gasteiger partial charge < -0.3 is 0 Å². The summed E-state index contributed by atoms with van der Waals surface area (Å²) in [6.07, 6.45) is 7.20. The van der Waals surface area contributed by atoms with Crippen molar-refractivity contribution in [3.8, 4) is 0 Å². The van der Waals surface area contributed by atoms with Gasteiger partial charge in [0.15, 0.2) is 0 Å². The third kappa shape index (κ3) is 1.81. The zero-order valence-corrected chi connectivity index (χ0v) is 9.48. The van der Waals surface area contributed by atoms with Gasteiger partial charge in [0.05, 0.1) is 5.69 Å². The van der Waals surface area contributed by atoms with Crippen molar-refractivity contribution in [3.05, 3.63) is 16.4 Å². The maximum atomic E-state index is 6.29. The first-order valence-electron chi connectivity index (χ1n) is 5.57. The number of nitrogens with zero attached hydrogens (tertiary/aromatic N) is 2. The van der Waals surface area contributed by atoms with Crippen molar-refractivity contribution < 1.29 is 0 Å². The van der Waals surface area contributed by atoms with Gasteiger partial charge in [0, 0.05) is 12.1 Å². The highest BCUT2D eigenvalue weighted by molar-refractivity contribution is 6.30. The Bertz CT molecular complexity index is 317. The van der Waals surface area contributed by atoms with Gasteiger partial charge in [-0.15, -0.1) is 0 Å². The van der Waals surface area contributed by atoms with Crippen LogP contribution in [0.15, 0.2) is 0 Å². The van der Waals surface area contributed by atoms with Crippen LogP contribution in [0.1, 0.15) is 43.9 Å². The largest absolute Gasteiger partial charge is 0.253 e. The molecule has 1 aliphatic rings. The van der Waals surface area contributed by atoms with Gasteiger partial charge >= 0.3 is 0 Å². The number of aromatic nitrogens is 2. The average Bonchev–Trinajstić information content (AvgIpc) is 2.41. The Kier molecular flexibility index (Phi) is 3.12. The van der Waals surface area contributed by atoms with Gasteiger partial charge in [-0.1, -0.05) is 24.9 Å². The monoisotopic (exact) mass is 212 g/mol. The molecule has 0 spiro atoms. The minimum absolute atomic E-state index is 0.892. The Morgan fingerprint density at radius 3 is 2.86 bits per heavy atom.